The predicted octanol–water partition coefficient (Wildman–Crippen LogP) is 6.02. The number of rotatable bonds is 9. The van der Waals surface area contributed by atoms with E-state index >= 15 is 0 Å². The highest BCUT2D eigenvalue weighted by molar-refractivity contribution is 7.13. The zero-order valence-electron chi connectivity index (χ0n) is 18.1. The van der Waals surface area contributed by atoms with Crippen LogP contribution in [0.4, 0.5) is 0 Å². The molecule has 4 rings (SSSR count). The van der Waals surface area contributed by atoms with E-state index in [-0.39, 0.29) is 5.91 Å². The highest BCUT2D eigenvalue weighted by Crippen LogP contribution is 2.26. The number of carbonyl (C=O) groups excluding carboxylic acids is 1. The molecule has 0 aliphatic heterocycles. The van der Waals surface area contributed by atoms with Crippen molar-refractivity contribution in [1.29, 1.82) is 0 Å². The Morgan fingerprint density at radius 3 is 2.48 bits per heavy atom. The second kappa shape index (κ2) is 11.0. The second-order valence-electron chi connectivity index (χ2n) is 7.26. The molecule has 33 heavy (non-hydrogen) atoms. The SMILES string of the molecule is COc1ccccc1CCNC(=O)c1csc(-c2ccc(OCc3ccccc3Cl)cc2)n1. The first-order valence-corrected chi connectivity index (χ1v) is 11.7. The molecule has 0 aliphatic rings. The molecule has 0 unspecified atom stereocenters. The number of benzene rings is 3. The molecule has 0 saturated carbocycles. The molecule has 1 amide bonds. The number of halogens is 1. The molecule has 0 radical (unpaired) electrons. The lowest BCUT2D eigenvalue weighted by atomic mass is 10.1. The molecule has 0 saturated heterocycles. The Hall–Kier alpha value is -3.35. The molecule has 1 aromatic heterocycles. The van der Waals surface area contributed by atoms with Gasteiger partial charge in [0.05, 0.1) is 7.11 Å². The molecular weight excluding hydrogens is 456 g/mol. The van der Waals surface area contributed by atoms with E-state index in [2.05, 4.69) is 10.3 Å². The molecule has 0 spiro atoms. The van der Waals surface area contributed by atoms with Gasteiger partial charge in [-0.1, -0.05) is 48.0 Å². The van der Waals surface area contributed by atoms with Crippen molar-refractivity contribution in [3.8, 4) is 22.1 Å². The standard InChI is InChI=1S/C26H23ClN2O3S/c1-31-24-9-5-3-6-18(24)14-15-28-25(30)23-17-33-26(29-23)19-10-12-21(13-11-19)32-16-20-7-2-4-8-22(20)27/h2-13,17H,14-16H2,1H3,(H,28,30). The first kappa shape index (κ1) is 22.8. The summed E-state index contributed by atoms with van der Waals surface area (Å²) in [5, 5.41) is 6.17. The van der Waals surface area contributed by atoms with Gasteiger partial charge in [0.25, 0.3) is 5.91 Å². The van der Waals surface area contributed by atoms with Gasteiger partial charge in [-0.15, -0.1) is 11.3 Å². The van der Waals surface area contributed by atoms with Gasteiger partial charge in [0, 0.05) is 28.1 Å². The maximum Gasteiger partial charge on any atom is 0.270 e. The van der Waals surface area contributed by atoms with E-state index in [9.17, 15) is 4.79 Å². The molecule has 1 heterocycles. The molecule has 168 valence electrons. The van der Waals surface area contributed by atoms with Crippen LogP contribution in [-0.4, -0.2) is 24.5 Å². The Bertz CT molecular complexity index is 1220. The maximum atomic E-state index is 12.5. The van der Waals surface area contributed by atoms with Gasteiger partial charge in [-0.2, -0.15) is 0 Å². The van der Waals surface area contributed by atoms with Crippen molar-refractivity contribution in [3.63, 3.8) is 0 Å². The van der Waals surface area contributed by atoms with Crippen LogP contribution in [0.1, 0.15) is 21.6 Å². The second-order valence-corrected chi connectivity index (χ2v) is 8.53. The normalized spacial score (nSPS) is 10.6. The van der Waals surface area contributed by atoms with Crippen molar-refractivity contribution in [1.82, 2.24) is 10.3 Å². The van der Waals surface area contributed by atoms with Gasteiger partial charge in [0.1, 0.15) is 28.8 Å². The molecule has 4 aromatic rings. The molecule has 5 nitrogen and oxygen atoms in total. The summed E-state index contributed by atoms with van der Waals surface area (Å²) >= 11 is 7.61. The molecule has 7 heteroatoms. The van der Waals surface area contributed by atoms with Crippen molar-refractivity contribution in [2.45, 2.75) is 13.0 Å². The summed E-state index contributed by atoms with van der Waals surface area (Å²) in [7, 11) is 1.64. The van der Waals surface area contributed by atoms with Crippen LogP contribution in [0, 0.1) is 0 Å². The molecule has 0 bridgehead atoms. The summed E-state index contributed by atoms with van der Waals surface area (Å²) in [5.41, 5.74) is 3.33. The minimum absolute atomic E-state index is 0.188. The molecular formula is C26H23ClN2O3S. The van der Waals surface area contributed by atoms with E-state index in [1.54, 1.807) is 12.5 Å². The van der Waals surface area contributed by atoms with Crippen LogP contribution in [-0.2, 0) is 13.0 Å². The average molecular weight is 479 g/mol. The number of carbonyl (C=O) groups is 1. The minimum Gasteiger partial charge on any atom is -0.496 e. The van der Waals surface area contributed by atoms with Crippen molar-refractivity contribution in [2.24, 2.45) is 0 Å². The lowest BCUT2D eigenvalue weighted by Gasteiger charge is -2.08. The third-order valence-corrected chi connectivity index (χ3v) is 6.32. The minimum atomic E-state index is -0.188. The first-order valence-electron chi connectivity index (χ1n) is 10.5. The van der Waals surface area contributed by atoms with E-state index in [1.165, 1.54) is 11.3 Å². The van der Waals surface area contributed by atoms with Gasteiger partial charge in [-0.3, -0.25) is 4.79 Å². The molecule has 0 fully saturated rings. The number of ether oxygens (including phenoxy) is 2. The van der Waals surface area contributed by atoms with Crippen molar-refractivity contribution < 1.29 is 14.3 Å². The Labute approximate surface area is 202 Å². The van der Waals surface area contributed by atoms with Crippen LogP contribution < -0.4 is 14.8 Å². The number of hydrogen-bond donors (Lipinski definition) is 1. The van der Waals surface area contributed by atoms with Crippen molar-refractivity contribution in [2.75, 3.05) is 13.7 Å². The maximum absolute atomic E-state index is 12.5. The highest BCUT2D eigenvalue weighted by Gasteiger charge is 2.12. The molecule has 0 aliphatic carbocycles. The van der Waals surface area contributed by atoms with E-state index in [0.717, 1.165) is 33.2 Å². The zero-order chi connectivity index (χ0) is 23.0. The van der Waals surface area contributed by atoms with Crippen LogP contribution in [0.2, 0.25) is 5.02 Å². The molecule has 0 atom stereocenters. The first-order chi connectivity index (χ1) is 16.1. The van der Waals surface area contributed by atoms with Crippen LogP contribution in [0.3, 0.4) is 0 Å². The van der Waals surface area contributed by atoms with E-state index in [1.807, 2.05) is 72.8 Å². The van der Waals surface area contributed by atoms with Gasteiger partial charge in [0.15, 0.2) is 0 Å². The third kappa shape index (κ3) is 5.92. The van der Waals surface area contributed by atoms with E-state index in [4.69, 9.17) is 21.1 Å². The number of aromatic nitrogens is 1. The zero-order valence-corrected chi connectivity index (χ0v) is 19.7. The number of para-hydroxylation sites is 1. The number of amides is 1. The fraction of sp³-hybridized carbons (Fsp3) is 0.154. The summed E-state index contributed by atoms with van der Waals surface area (Å²) in [6.45, 7) is 0.902. The van der Waals surface area contributed by atoms with Gasteiger partial charge in [-0.25, -0.2) is 4.98 Å². The summed E-state index contributed by atoms with van der Waals surface area (Å²) in [5.74, 6) is 1.37. The van der Waals surface area contributed by atoms with Crippen LogP contribution in [0.15, 0.2) is 78.2 Å². The lowest BCUT2D eigenvalue weighted by Crippen LogP contribution is -2.26. The van der Waals surface area contributed by atoms with Crippen LogP contribution in [0.5, 0.6) is 11.5 Å². The number of nitrogens with one attached hydrogen (secondary N) is 1. The molecule has 3 aromatic carbocycles. The topological polar surface area (TPSA) is 60.5 Å². The van der Waals surface area contributed by atoms with Crippen LogP contribution in [0.25, 0.3) is 10.6 Å². The third-order valence-electron chi connectivity index (χ3n) is 5.06. The van der Waals surface area contributed by atoms with Crippen LogP contribution >= 0.6 is 22.9 Å². The number of thiazole rings is 1. The van der Waals surface area contributed by atoms with Gasteiger partial charge >= 0.3 is 0 Å². The number of methoxy groups -OCH3 is 1. The van der Waals surface area contributed by atoms with Gasteiger partial charge < -0.3 is 14.8 Å². The Morgan fingerprint density at radius 1 is 1.00 bits per heavy atom. The number of hydrogen-bond acceptors (Lipinski definition) is 5. The Balaban J connectivity index is 1.32. The monoisotopic (exact) mass is 478 g/mol. The smallest absolute Gasteiger partial charge is 0.270 e. The average Bonchev–Trinajstić information content (AvgIpc) is 3.35. The Morgan fingerprint density at radius 2 is 1.73 bits per heavy atom. The largest absolute Gasteiger partial charge is 0.496 e. The van der Waals surface area contributed by atoms with Gasteiger partial charge in [-0.05, 0) is 48.4 Å². The number of nitrogens with zero attached hydrogens (tertiary/aromatic N) is 1. The van der Waals surface area contributed by atoms with Gasteiger partial charge in [0.2, 0.25) is 0 Å². The lowest BCUT2D eigenvalue weighted by molar-refractivity contribution is 0.0950. The van der Waals surface area contributed by atoms with Crippen molar-refractivity contribution in [3.05, 3.63) is 100 Å². The quantitative estimate of drug-likeness (QED) is 0.319. The van der Waals surface area contributed by atoms with E-state index in [0.29, 0.717) is 30.3 Å². The van der Waals surface area contributed by atoms with E-state index < -0.39 is 0 Å². The highest BCUT2D eigenvalue weighted by atomic mass is 35.5. The predicted molar refractivity (Wildman–Crippen MR) is 132 cm³/mol. The Kier molecular flexibility index (Phi) is 7.60. The summed E-state index contributed by atoms with van der Waals surface area (Å²) in [4.78, 5) is 17.0. The summed E-state index contributed by atoms with van der Waals surface area (Å²) < 4.78 is 11.2. The van der Waals surface area contributed by atoms with Crippen molar-refractivity contribution >= 4 is 28.8 Å². The summed E-state index contributed by atoms with van der Waals surface area (Å²) in [6.07, 6.45) is 0.683. The summed E-state index contributed by atoms with van der Waals surface area (Å²) in [6, 6.07) is 23.0. The fourth-order valence-corrected chi connectivity index (χ4v) is 4.29. The molecule has 1 N–H and O–H groups in total. The fourth-order valence-electron chi connectivity index (χ4n) is 3.29.